The molecule has 2 aromatic carbocycles. The van der Waals surface area contributed by atoms with Crippen LogP contribution in [0, 0.1) is 5.92 Å². The third-order valence-electron chi connectivity index (χ3n) is 5.12. The van der Waals surface area contributed by atoms with Crippen LogP contribution < -0.4 is 15.0 Å². The van der Waals surface area contributed by atoms with Crippen LogP contribution in [0.25, 0.3) is 0 Å². The van der Waals surface area contributed by atoms with Crippen molar-refractivity contribution in [1.82, 2.24) is 5.32 Å². The summed E-state index contributed by atoms with van der Waals surface area (Å²) >= 11 is 15.4. The number of benzene rings is 2. The molecule has 2 aliphatic heterocycles. The summed E-state index contributed by atoms with van der Waals surface area (Å²) in [5.74, 6) is -0.457. The van der Waals surface area contributed by atoms with Crippen LogP contribution in [0.3, 0.4) is 0 Å². The maximum atomic E-state index is 13.1. The molecular weight excluding hydrogens is 476 g/mol. The van der Waals surface area contributed by atoms with E-state index in [1.807, 2.05) is 42.2 Å². The topological polar surface area (TPSA) is 50.8 Å². The summed E-state index contributed by atoms with van der Waals surface area (Å²) in [7, 11) is 0. The van der Waals surface area contributed by atoms with Crippen LogP contribution in [0.5, 0.6) is 5.75 Å². The van der Waals surface area contributed by atoms with Crippen molar-refractivity contribution in [3.05, 3.63) is 70.2 Å². The number of fused-ring (bicyclic) bond motifs is 4. The lowest BCUT2D eigenvalue weighted by molar-refractivity contribution is -0.159. The number of hydrogen-bond donors (Lipinski definition) is 1. The number of hydrogen-bond acceptors (Lipinski definition) is 4. The van der Waals surface area contributed by atoms with E-state index < -0.39 is 23.7 Å². The summed E-state index contributed by atoms with van der Waals surface area (Å²) in [4.78, 5) is 14.9. The lowest BCUT2D eigenvalue weighted by Gasteiger charge is -2.55. The van der Waals surface area contributed by atoms with Crippen molar-refractivity contribution >= 4 is 56.5 Å². The van der Waals surface area contributed by atoms with Gasteiger partial charge in [0.2, 0.25) is 5.72 Å². The van der Waals surface area contributed by atoms with Gasteiger partial charge in [0.1, 0.15) is 18.3 Å². The van der Waals surface area contributed by atoms with Crippen molar-refractivity contribution in [2.75, 3.05) is 11.5 Å². The molecule has 29 heavy (non-hydrogen) atoms. The van der Waals surface area contributed by atoms with Crippen molar-refractivity contribution < 1.29 is 14.3 Å². The highest BCUT2D eigenvalue weighted by molar-refractivity contribution is 9.10. The van der Waals surface area contributed by atoms with Gasteiger partial charge in [0.25, 0.3) is 0 Å². The van der Waals surface area contributed by atoms with E-state index in [1.165, 1.54) is 6.08 Å². The minimum atomic E-state index is -1.10. The van der Waals surface area contributed by atoms with Crippen LogP contribution in [-0.2, 0) is 9.53 Å². The number of thiocarbonyl (C=S) groups is 1. The number of ether oxygens (including phenoxy) is 2. The number of nitrogens with zero attached hydrogens (tertiary/aromatic N) is 1. The highest BCUT2D eigenvalue weighted by Crippen LogP contribution is 2.50. The summed E-state index contributed by atoms with van der Waals surface area (Å²) in [6.07, 6.45) is 1.54. The molecule has 1 N–H and O–H groups in total. The highest BCUT2D eigenvalue weighted by atomic mass is 79.9. The van der Waals surface area contributed by atoms with Crippen molar-refractivity contribution in [3.63, 3.8) is 0 Å². The first-order chi connectivity index (χ1) is 13.8. The predicted octanol–water partition coefficient (Wildman–Crippen LogP) is 4.99. The van der Waals surface area contributed by atoms with Gasteiger partial charge in [-0.25, -0.2) is 0 Å². The lowest BCUT2D eigenvalue weighted by Crippen LogP contribution is -2.71. The summed E-state index contributed by atoms with van der Waals surface area (Å²) in [5, 5.41) is 4.31. The van der Waals surface area contributed by atoms with Gasteiger partial charge >= 0.3 is 5.97 Å². The molecule has 3 atom stereocenters. The van der Waals surface area contributed by atoms with Crippen LogP contribution in [0.1, 0.15) is 18.5 Å². The Morgan fingerprint density at radius 2 is 2.24 bits per heavy atom. The minimum absolute atomic E-state index is 0.113. The minimum Gasteiger partial charge on any atom is -0.466 e. The van der Waals surface area contributed by atoms with Gasteiger partial charge in [0.15, 0.2) is 5.11 Å². The molecule has 5 nitrogen and oxygen atoms in total. The van der Waals surface area contributed by atoms with Crippen molar-refractivity contribution in [1.29, 1.82) is 0 Å². The van der Waals surface area contributed by atoms with E-state index in [9.17, 15) is 4.79 Å². The van der Waals surface area contributed by atoms with E-state index in [1.54, 1.807) is 12.1 Å². The standard InChI is InChI=1S/C21H18BrClN2O3S/c1-3-9-27-19(26)17-18-15-11-13(23)7-8-16(15)28-21(17,2)25(20(29)24-18)14-6-4-5-12(22)10-14/h3-8,10-11,17-18H,1,9H2,2H3,(H,24,29). The number of carbonyl (C=O) groups is 1. The zero-order chi connectivity index (χ0) is 20.8. The van der Waals surface area contributed by atoms with Gasteiger partial charge in [0.05, 0.1) is 6.04 Å². The molecule has 4 rings (SSSR count). The number of carbonyl (C=O) groups excluding carboxylic acids is 1. The first-order valence-electron chi connectivity index (χ1n) is 8.97. The van der Waals surface area contributed by atoms with Gasteiger partial charge in [-0.1, -0.05) is 46.3 Å². The molecule has 150 valence electrons. The molecule has 2 aliphatic rings. The molecule has 0 aromatic heterocycles. The number of rotatable bonds is 4. The second-order valence-corrected chi connectivity index (χ2v) is 8.72. The molecule has 0 aliphatic carbocycles. The molecular formula is C21H18BrClN2O3S. The Labute approximate surface area is 187 Å². The zero-order valence-electron chi connectivity index (χ0n) is 15.5. The highest BCUT2D eigenvalue weighted by Gasteiger charge is 2.59. The van der Waals surface area contributed by atoms with E-state index >= 15 is 0 Å². The van der Waals surface area contributed by atoms with E-state index in [0.29, 0.717) is 15.9 Å². The molecule has 0 saturated carbocycles. The zero-order valence-corrected chi connectivity index (χ0v) is 18.7. The quantitative estimate of drug-likeness (QED) is 0.368. The largest absolute Gasteiger partial charge is 0.466 e. The fraction of sp³-hybridized carbons (Fsp3) is 0.238. The average molecular weight is 494 g/mol. The van der Waals surface area contributed by atoms with Gasteiger partial charge in [-0.05, 0) is 55.5 Å². The Morgan fingerprint density at radius 3 is 2.97 bits per heavy atom. The molecule has 1 saturated heterocycles. The fourth-order valence-electron chi connectivity index (χ4n) is 3.95. The van der Waals surface area contributed by atoms with E-state index in [2.05, 4.69) is 27.8 Å². The Hall–Kier alpha value is -2.09. The number of esters is 1. The van der Waals surface area contributed by atoms with Crippen molar-refractivity contribution in [2.45, 2.75) is 18.7 Å². The van der Waals surface area contributed by atoms with Gasteiger partial charge in [-0.3, -0.25) is 9.69 Å². The summed E-state index contributed by atoms with van der Waals surface area (Å²) < 4.78 is 12.8. The number of anilines is 1. The van der Waals surface area contributed by atoms with Crippen molar-refractivity contribution in [3.8, 4) is 5.75 Å². The molecule has 0 amide bonds. The van der Waals surface area contributed by atoms with Crippen LogP contribution in [0.4, 0.5) is 5.69 Å². The van der Waals surface area contributed by atoms with Crippen LogP contribution >= 0.6 is 39.7 Å². The Balaban J connectivity index is 1.88. The maximum absolute atomic E-state index is 13.1. The first kappa shape index (κ1) is 20.2. The smallest absolute Gasteiger partial charge is 0.317 e. The summed E-state index contributed by atoms with van der Waals surface area (Å²) in [6.45, 7) is 5.59. The van der Waals surface area contributed by atoms with E-state index in [4.69, 9.17) is 33.3 Å². The van der Waals surface area contributed by atoms with Crippen LogP contribution in [0.15, 0.2) is 59.6 Å². The maximum Gasteiger partial charge on any atom is 0.317 e. The molecule has 2 aromatic rings. The molecule has 0 radical (unpaired) electrons. The summed E-state index contributed by atoms with van der Waals surface area (Å²) in [5.41, 5.74) is 0.455. The normalized spacial score (nSPS) is 24.8. The fourth-order valence-corrected chi connectivity index (χ4v) is 4.93. The van der Waals surface area contributed by atoms with Gasteiger partial charge in [-0.15, -0.1) is 0 Å². The second kappa shape index (κ2) is 7.63. The summed E-state index contributed by atoms with van der Waals surface area (Å²) in [6, 6.07) is 12.6. The van der Waals surface area contributed by atoms with E-state index in [0.717, 1.165) is 15.7 Å². The van der Waals surface area contributed by atoms with Gasteiger partial charge < -0.3 is 14.8 Å². The number of halogens is 2. The number of nitrogens with one attached hydrogen (secondary N) is 1. The molecule has 2 bridgehead atoms. The Bertz CT molecular complexity index is 1020. The van der Waals surface area contributed by atoms with Crippen LogP contribution in [0.2, 0.25) is 5.02 Å². The average Bonchev–Trinajstić information content (AvgIpc) is 2.66. The van der Waals surface area contributed by atoms with E-state index in [-0.39, 0.29) is 6.61 Å². The molecule has 8 heteroatoms. The monoisotopic (exact) mass is 492 g/mol. The van der Waals surface area contributed by atoms with Gasteiger partial charge in [0, 0.05) is 20.7 Å². The molecule has 3 unspecified atom stereocenters. The lowest BCUT2D eigenvalue weighted by atomic mass is 9.79. The van der Waals surface area contributed by atoms with Crippen LogP contribution in [-0.4, -0.2) is 23.4 Å². The first-order valence-corrected chi connectivity index (χ1v) is 10.6. The third-order valence-corrected chi connectivity index (χ3v) is 6.15. The molecule has 0 spiro atoms. The SMILES string of the molecule is C=CCOC(=O)C1C2NC(=S)N(c3cccc(Br)c3)C1(C)Oc1ccc(Cl)cc12. The molecule has 2 heterocycles. The Kier molecular flexibility index (Phi) is 5.31. The predicted molar refractivity (Wildman–Crippen MR) is 120 cm³/mol. The Morgan fingerprint density at radius 1 is 1.45 bits per heavy atom. The third kappa shape index (κ3) is 3.41. The second-order valence-electron chi connectivity index (χ2n) is 6.98. The molecule has 1 fully saturated rings. The van der Waals surface area contributed by atoms with Crippen molar-refractivity contribution in [2.24, 2.45) is 5.92 Å². The van der Waals surface area contributed by atoms with Gasteiger partial charge in [-0.2, -0.15) is 0 Å².